The van der Waals surface area contributed by atoms with Gasteiger partial charge in [0.25, 0.3) is 0 Å². The van der Waals surface area contributed by atoms with Crippen LogP contribution in [0.3, 0.4) is 0 Å². The number of rotatable bonds is 6. The molecule has 0 saturated carbocycles. The molecule has 0 unspecified atom stereocenters. The summed E-state index contributed by atoms with van der Waals surface area (Å²) in [6.45, 7) is 2.76. The highest BCUT2D eigenvalue weighted by Crippen LogP contribution is 2.25. The van der Waals surface area contributed by atoms with Gasteiger partial charge in [-0.25, -0.2) is 4.98 Å². The second-order valence-corrected chi connectivity index (χ2v) is 4.43. The number of nitrogens with one attached hydrogen (secondary N) is 1. The van der Waals surface area contributed by atoms with Crippen molar-refractivity contribution in [3.63, 3.8) is 0 Å². The lowest BCUT2D eigenvalue weighted by Crippen LogP contribution is -2.12. The molecule has 1 aromatic carbocycles. The molecule has 0 aliphatic carbocycles. The zero-order valence-electron chi connectivity index (χ0n) is 11.9. The molecular weight excluding hydrogens is 252 g/mol. The fraction of sp³-hybridized carbons (Fsp3) is 0.333. The monoisotopic (exact) mass is 272 g/mol. The van der Waals surface area contributed by atoms with Crippen molar-refractivity contribution in [3.8, 4) is 5.88 Å². The van der Waals surface area contributed by atoms with Crippen molar-refractivity contribution in [3.05, 3.63) is 41.7 Å². The molecule has 2 aromatic rings. The van der Waals surface area contributed by atoms with Gasteiger partial charge < -0.3 is 15.8 Å². The van der Waals surface area contributed by atoms with E-state index in [1.54, 1.807) is 7.11 Å². The van der Waals surface area contributed by atoms with Gasteiger partial charge in [-0.1, -0.05) is 37.3 Å². The number of aromatic nitrogens is 2. The van der Waals surface area contributed by atoms with Crippen molar-refractivity contribution in [2.45, 2.75) is 19.8 Å². The average molecular weight is 272 g/mol. The predicted molar refractivity (Wildman–Crippen MR) is 81.0 cm³/mol. The Morgan fingerprint density at radius 3 is 2.60 bits per heavy atom. The zero-order valence-corrected chi connectivity index (χ0v) is 11.9. The van der Waals surface area contributed by atoms with E-state index in [4.69, 9.17) is 10.5 Å². The third-order valence-electron chi connectivity index (χ3n) is 3.02. The van der Waals surface area contributed by atoms with Crippen molar-refractivity contribution in [1.82, 2.24) is 9.97 Å². The maximum atomic E-state index is 5.98. The standard InChI is InChI=1S/C15H20N4O/c1-3-12-18-14(13(16)15(19-12)20-2)17-10-9-11-7-5-4-6-8-11/h4-8H,3,9-10,16H2,1-2H3,(H,17,18,19). The molecule has 106 valence electrons. The molecule has 20 heavy (non-hydrogen) atoms. The first kappa shape index (κ1) is 14.1. The van der Waals surface area contributed by atoms with E-state index in [2.05, 4.69) is 27.4 Å². The number of ether oxygens (including phenoxy) is 1. The molecule has 1 aromatic heterocycles. The van der Waals surface area contributed by atoms with Crippen molar-refractivity contribution in [1.29, 1.82) is 0 Å². The highest BCUT2D eigenvalue weighted by Gasteiger charge is 2.11. The molecular formula is C15H20N4O. The fourth-order valence-corrected chi connectivity index (χ4v) is 1.91. The summed E-state index contributed by atoms with van der Waals surface area (Å²) < 4.78 is 5.18. The molecule has 3 N–H and O–H groups in total. The number of hydrogen-bond acceptors (Lipinski definition) is 5. The van der Waals surface area contributed by atoms with Gasteiger partial charge in [-0.3, -0.25) is 0 Å². The number of nitrogen functional groups attached to an aromatic ring is 1. The van der Waals surface area contributed by atoms with E-state index in [1.165, 1.54) is 5.56 Å². The third kappa shape index (κ3) is 3.38. The normalized spacial score (nSPS) is 10.3. The Labute approximate surface area is 119 Å². The lowest BCUT2D eigenvalue weighted by Gasteiger charge is -2.12. The minimum Gasteiger partial charge on any atom is -0.479 e. The molecule has 5 nitrogen and oxygen atoms in total. The van der Waals surface area contributed by atoms with Gasteiger partial charge in [0.2, 0.25) is 5.88 Å². The number of benzene rings is 1. The van der Waals surface area contributed by atoms with Gasteiger partial charge in [0, 0.05) is 13.0 Å². The SMILES string of the molecule is CCc1nc(NCCc2ccccc2)c(N)c(OC)n1. The molecule has 2 rings (SSSR count). The van der Waals surface area contributed by atoms with Crippen LogP contribution in [0.4, 0.5) is 11.5 Å². The van der Waals surface area contributed by atoms with Crippen LogP contribution in [-0.2, 0) is 12.8 Å². The summed E-state index contributed by atoms with van der Waals surface area (Å²) in [5.41, 5.74) is 7.71. The van der Waals surface area contributed by atoms with E-state index in [-0.39, 0.29) is 0 Å². The van der Waals surface area contributed by atoms with Gasteiger partial charge in [0.1, 0.15) is 11.5 Å². The van der Waals surface area contributed by atoms with Crippen LogP contribution in [0.15, 0.2) is 30.3 Å². The molecule has 0 aliphatic heterocycles. The smallest absolute Gasteiger partial charge is 0.242 e. The minimum atomic E-state index is 0.430. The Morgan fingerprint density at radius 1 is 1.20 bits per heavy atom. The molecule has 0 aliphatic rings. The molecule has 0 saturated heterocycles. The Bertz CT molecular complexity index is 557. The van der Waals surface area contributed by atoms with Gasteiger partial charge in [-0.2, -0.15) is 4.98 Å². The maximum absolute atomic E-state index is 5.98. The predicted octanol–water partition coefficient (Wildman–Crippen LogP) is 2.28. The zero-order chi connectivity index (χ0) is 14.4. The van der Waals surface area contributed by atoms with Gasteiger partial charge in [0.15, 0.2) is 5.82 Å². The first-order valence-corrected chi connectivity index (χ1v) is 6.72. The van der Waals surface area contributed by atoms with Crippen LogP contribution in [0.1, 0.15) is 18.3 Å². The van der Waals surface area contributed by atoms with Crippen LogP contribution in [0.5, 0.6) is 5.88 Å². The van der Waals surface area contributed by atoms with Crippen molar-refractivity contribution < 1.29 is 4.74 Å². The van der Waals surface area contributed by atoms with Crippen molar-refractivity contribution in [2.75, 3.05) is 24.7 Å². The van der Waals surface area contributed by atoms with E-state index >= 15 is 0 Å². The van der Waals surface area contributed by atoms with Crippen LogP contribution in [0, 0.1) is 0 Å². The van der Waals surface area contributed by atoms with Crippen LogP contribution >= 0.6 is 0 Å². The van der Waals surface area contributed by atoms with Crippen LogP contribution in [0.25, 0.3) is 0 Å². The lowest BCUT2D eigenvalue weighted by molar-refractivity contribution is 0.397. The number of nitrogens with zero attached hydrogens (tertiary/aromatic N) is 2. The Hall–Kier alpha value is -2.30. The Kier molecular flexibility index (Phi) is 4.76. The summed E-state index contributed by atoms with van der Waals surface area (Å²) in [4.78, 5) is 8.64. The topological polar surface area (TPSA) is 73.1 Å². The fourth-order valence-electron chi connectivity index (χ4n) is 1.91. The second kappa shape index (κ2) is 6.75. The maximum Gasteiger partial charge on any atom is 0.242 e. The first-order chi connectivity index (χ1) is 9.74. The number of nitrogens with two attached hydrogens (primary N) is 1. The summed E-state index contributed by atoms with van der Waals surface area (Å²) in [5, 5.41) is 3.25. The van der Waals surface area contributed by atoms with E-state index in [0.717, 1.165) is 25.2 Å². The van der Waals surface area contributed by atoms with E-state index < -0.39 is 0 Å². The molecule has 0 radical (unpaired) electrons. The average Bonchev–Trinajstić information content (AvgIpc) is 2.50. The number of anilines is 2. The largest absolute Gasteiger partial charge is 0.479 e. The summed E-state index contributed by atoms with van der Waals surface area (Å²) >= 11 is 0. The molecule has 0 bridgehead atoms. The van der Waals surface area contributed by atoms with E-state index in [0.29, 0.717) is 17.4 Å². The second-order valence-electron chi connectivity index (χ2n) is 4.43. The number of aryl methyl sites for hydroxylation is 1. The summed E-state index contributed by atoms with van der Waals surface area (Å²) in [5.74, 6) is 1.79. The number of methoxy groups -OCH3 is 1. The van der Waals surface area contributed by atoms with Gasteiger partial charge in [-0.15, -0.1) is 0 Å². The molecule has 0 spiro atoms. The van der Waals surface area contributed by atoms with E-state index in [1.807, 2.05) is 25.1 Å². The van der Waals surface area contributed by atoms with E-state index in [9.17, 15) is 0 Å². The van der Waals surface area contributed by atoms with Gasteiger partial charge in [-0.05, 0) is 12.0 Å². The molecule has 0 amide bonds. The number of hydrogen-bond donors (Lipinski definition) is 2. The van der Waals surface area contributed by atoms with Gasteiger partial charge >= 0.3 is 0 Å². The molecule has 0 atom stereocenters. The van der Waals surface area contributed by atoms with Crippen molar-refractivity contribution >= 4 is 11.5 Å². The quantitative estimate of drug-likeness (QED) is 0.844. The molecule has 5 heteroatoms. The highest BCUT2D eigenvalue weighted by atomic mass is 16.5. The third-order valence-corrected chi connectivity index (χ3v) is 3.02. The molecule has 0 fully saturated rings. The highest BCUT2D eigenvalue weighted by molar-refractivity contribution is 5.66. The van der Waals surface area contributed by atoms with Gasteiger partial charge in [0.05, 0.1) is 7.11 Å². The lowest BCUT2D eigenvalue weighted by atomic mass is 10.1. The Morgan fingerprint density at radius 2 is 1.95 bits per heavy atom. The van der Waals surface area contributed by atoms with Crippen LogP contribution in [-0.4, -0.2) is 23.6 Å². The van der Waals surface area contributed by atoms with Crippen LogP contribution < -0.4 is 15.8 Å². The Balaban J connectivity index is 2.05. The molecule has 1 heterocycles. The first-order valence-electron chi connectivity index (χ1n) is 6.72. The minimum absolute atomic E-state index is 0.430. The summed E-state index contributed by atoms with van der Waals surface area (Å²) in [7, 11) is 1.56. The summed E-state index contributed by atoms with van der Waals surface area (Å²) in [6.07, 6.45) is 1.65. The van der Waals surface area contributed by atoms with Crippen molar-refractivity contribution in [2.24, 2.45) is 0 Å². The van der Waals surface area contributed by atoms with Crippen LogP contribution in [0.2, 0.25) is 0 Å². The summed E-state index contributed by atoms with van der Waals surface area (Å²) in [6, 6.07) is 10.3.